The molecule has 1 atom stereocenters. The molecule has 1 aliphatic carbocycles. The SMILES string of the molecule is OCC1CCCCN1CCNCc1cccc(OC2CCCC2)c1. The molecule has 134 valence electrons. The molecule has 1 unspecified atom stereocenters. The lowest BCUT2D eigenvalue weighted by Gasteiger charge is -2.34. The number of hydrogen-bond acceptors (Lipinski definition) is 4. The van der Waals surface area contributed by atoms with Gasteiger partial charge in [-0.1, -0.05) is 18.6 Å². The number of benzene rings is 1. The molecule has 0 spiro atoms. The third-order valence-electron chi connectivity index (χ3n) is 5.37. The maximum absolute atomic E-state index is 9.47. The van der Waals surface area contributed by atoms with E-state index in [0.29, 0.717) is 18.8 Å². The highest BCUT2D eigenvalue weighted by molar-refractivity contribution is 5.28. The van der Waals surface area contributed by atoms with Crippen LogP contribution in [-0.2, 0) is 6.54 Å². The number of likely N-dealkylation sites (tertiary alicyclic amines) is 1. The van der Waals surface area contributed by atoms with Crippen LogP contribution in [0.25, 0.3) is 0 Å². The summed E-state index contributed by atoms with van der Waals surface area (Å²) in [5.41, 5.74) is 1.28. The molecule has 1 saturated carbocycles. The largest absolute Gasteiger partial charge is 0.490 e. The van der Waals surface area contributed by atoms with Crippen molar-refractivity contribution in [1.29, 1.82) is 0 Å². The molecule has 0 amide bonds. The molecule has 1 aromatic carbocycles. The van der Waals surface area contributed by atoms with Gasteiger partial charge in [-0.05, 0) is 62.8 Å². The smallest absolute Gasteiger partial charge is 0.120 e. The monoisotopic (exact) mass is 332 g/mol. The van der Waals surface area contributed by atoms with Gasteiger partial charge < -0.3 is 15.2 Å². The zero-order chi connectivity index (χ0) is 16.6. The fourth-order valence-corrected chi connectivity index (χ4v) is 3.94. The van der Waals surface area contributed by atoms with Crippen molar-refractivity contribution in [2.45, 2.75) is 63.6 Å². The molecule has 1 saturated heterocycles. The minimum atomic E-state index is 0.292. The van der Waals surface area contributed by atoms with Crippen LogP contribution in [0.15, 0.2) is 24.3 Å². The molecule has 2 aliphatic rings. The fraction of sp³-hybridized carbons (Fsp3) is 0.700. The van der Waals surface area contributed by atoms with Gasteiger partial charge in [-0.3, -0.25) is 4.90 Å². The van der Waals surface area contributed by atoms with Crippen molar-refractivity contribution in [1.82, 2.24) is 10.2 Å². The Morgan fingerprint density at radius 3 is 2.79 bits per heavy atom. The van der Waals surface area contributed by atoms with Gasteiger partial charge in [0.05, 0.1) is 12.7 Å². The normalized spacial score (nSPS) is 22.8. The summed E-state index contributed by atoms with van der Waals surface area (Å²) in [5, 5.41) is 13.0. The summed E-state index contributed by atoms with van der Waals surface area (Å²) in [6, 6.07) is 8.85. The second kappa shape index (κ2) is 9.40. The number of aliphatic hydroxyl groups is 1. The van der Waals surface area contributed by atoms with Gasteiger partial charge in [0.1, 0.15) is 5.75 Å². The maximum Gasteiger partial charge on any atom is 0.120 e. The summed E-state index contributed by atoms with van der Waals surface area (Å²) in [4.78, 5) is 2.43. The Kier molecular flexibility index (Phi) is 6.94. The van der Waals surface area contributed by atoms with Crippen LogP contribution in [-0.4, -0.2) is 48.4 Å². The fourth-order valence-electron chi connectivity index (χ4n) is 3.94. The van der Waals surface area contributed by atoms with Gasteiger partial charge in [-0.25, -0.2) is 0 Å². The Morgan fingerprint density at radius 2 is 1.96 bits per heavy atom. The highest BCUT2D eigenvalue weighted by Crippen LogP contribution is 2.24. The van der Waals surface area contributed by atoms with Gasteiger partial charge in [0.15, 0.2) is 0 Å². The Balaban J connectivity index is 1.39. The molecule has 2 N–H and O–H groups in total. The predicted octanol–water partition coefficient (Wildman–Crippen LogP) is 2.94. The number of nitrogens with one attached hydrogen (secondary N) is 1. The zero-order valence-electron chi connectivity index (χ0n) is 14.8. The summed E-state index contributed by atoms with van der Waals surface area (Å²) < 4.78 is 6.08. The summed E-state index contributed by atoms with van der Waals surface area (Å²) >= 11 is 0. The van der Waals surface area contributed by atoms with Crippen LogP contribution in [0.3, 0.4) is 0 Å². The average Bonchev–Trinajstić information content (AvgIpc) is 3.12. The van der Waals surface area contributed by atoms with Crippen LogP contribution in [0.1, 0.15) is 50.5 Å². The molecule has 2 fully saturated rings. The third kappa shape index (κ3) is 5.20. The van der Waals surface area contributed by atoms with E-state index in [-0.39, 0.29) is 0 Å². The zero-order valence-corrected chi connectivity index (χ0v) is 14.8. The Morgan fingerprint density at radius 1 is 1.12 bits per heavy atom. The number of rotatable bonds is 8. The van der Waals surface area contributed by atoms with E-state index in [1.165, 1.54) is 44.1 Å². The van der Waals surface area contributed by atoms with E-state index in [0.717, 1.165) is 38.3 Å². The number of ether oxygens (including phenoxy) is 1. The third-order valence-corrected chi connectivity index (χ3v) is 5.37. The molecule has 4 heteroatoms. The molecule has 4 nitrogen and oxygen atoms in total. The van der Waals surface area contributed by atoms with E-state index in [1.54, 1.807) is 0 Å². The van der Waals surface area contributed by atoms with Crippen LogP contribution in [0, 0.1) is 0 Å². The molecule has 1 aliphatic heterocycles. The highest BCUT2D eigenvalue weighted by Gasteiger charge is 2.20. The summed E-state index contributed by atoms with van der Waals surface area (Å²) in [6.45, 7) is 4.27. The van der Waals surface area contributed by atoms with E-state index >= 15 is 0 Å². The van der Waals surface area contributed by atoms with Crippen molar-refractivity contribution in [3.8, 4) is 5.75 Å². The van der Waals surface area contributed by atoms with E-state index in [4.69, 9.17) is 4.74 Å². The summed E-state index contributed by atoms with van der Waals surface area (Å²) in [6.07, 6.45) is 9.07. The molecule has 0 bridgehead atoms. The number of piperidine rings is 1. The van der Waals surface area contributed by atoms with Crippen molar-refractivity contribution >= 4 is 0 Å². The lowest BCUT2D eigenvalue weighted by molar-refractivity contribution is 0.0910. The number of hydrogen-bond donors (Lipinski definition) is 2. The Bertz CT molecular complexity index is 488. The molecule has 0 radical (unpaired) electrons. The lowest BCUT2D eigenvalue weighted by Crippen LogP contribution is -2.44. The van der Waals surface area contributed by atoms with E-state index in [2.05, 4.69) is 34.5 Å². The molecule has 1 heterocycles. The topological polar surface area (TPSA) is 44.7 Å². The van der Waals surface area contributed by atoms with Crippen LogP contribution in [0.4, 0.5) is 0 Å². The summed E-state index contributed by atoms with van der Waals surface area (Å²) in [5.74, 6) is 1.01. The molecular formula is C20H32N2O2. The predicted molar refractivity (Wildman–Crippen MR) is 97.3 cm³/mol. The van der Waals surface area contributed by atoms with E-state index in [9.17, 15) is 5.11 Å². The van der Waals surface area contributed by atoms with Crippen LogP contribution in [0.5, 0.6) is 5.75 Å². The van der Waals surface area contributed by atoms with Crippen LogP contribution >= 0.6 is 0 Å². The van der Waals surface area contributed by atoms with E-state index < -0.39 is 0 Å². The quantitative estimate of drug-likeness (QED) is 0.719. The first-order chi connectivity index (χ1) is 11.8. The first kappa shape index (κ1) is 17.7. The standard InChI is InChI=1S/C20H32N2O2/c23-16-18-7-3-4-12-22(18)13-11-21-15-17-6-5-10-20(14-17)24-19-8-1-2-9-19/h5-6,10,14,18-19,21,23H,1-4,7-9,11-13,15-16H2. The highest BCUT2D eigenvalue weighted by atomic mass is 16.5. The molecule has 1 aromatic rings. The van der Waals surface area contributed by atoms with Crippen molar-refractivity contribution < 1.29 is 9.84 Å². The molecule has 0 aromatic heterocycles. The van der Waals surface area contributed by atoms with Crippen molar-refractivity contribution in [2.75, 3.05) is 26.2 Å². The molecular weight excluding hydrogens is 300 g/mol. The minimum Gasteiger partial charge on any atom is -0.490 e. The van der Waals surface area contributed by atoms with Gasteiger partial charge in [0.2, 0.25) is 0 Å². The van der Waals surface area contributed by atoms with Crippen LogP contribution in [0.2, 0.25) is 0 Å². The van der Waals surface area contributed by atoms with Crippen LogP contribution < -0.4 is 10.1 Å². The van der Waals surface area contributed by atoms with Gasteiger partial charge in [0.25, 0.3) is 0 Å². The van der Waals surface area contributed by atoms with Gasteiger partial charge in [-0.15, -0.1) is 0 Å². The number of aliphatic hydroxyl groups excluding tert-OH is 1. The number of nitrogens with zero attached hydrogens (tertiary/aromatic N) is 1. The van der Waals surface area contributed by atoms with Crippen molar-refractivity contribution in [3.63, 3.8) is 0 Å². The average molecular weight is 332 g/mol. The lowest BCUT2D eigenvalue weighted by atomic mass is 10.0. The first-order valence-corrected chi connectivity index (χ1v) is 9.66. The molecule has 24 heavy (non-hydrogen) atoms. The van der Waals surface area contributed by atoms with Crippen molar-refractivity contribution in [2.24, 2.45) is 0 Å². The second-order valence-corrected chi connectivity index (χ2v) is 7.22. The summed E-state index contributed by atoms with van der Waals surface area (Å²) in [7, 11) is 0. The first-order valence-electron chi connectivity index (χ1n) is 9.66. The second-order valence-electron chi connectivity index (χ2n) is 7.22. The van der Waals surface area contributed by atoms with E-state index in [1.807, 2.05) is 0 Å². The van der Waals surface area contributed by atoms with Crippen molar-refractivity contribution in [3.05, 3.63) is 29.8 Å². The Hall–Kier alpha value is -1.10. The maximum atomic E-state index is 9.47. The minimum absolute atomic E-state index is 0.292. The Labute approximate surface area is 146 Å². The van der Waals surface area contributed by atoms with Gasteiger partial charge in [-0.2, -0.15) is 0 Å². The van der Waals surface area contributed by atoms with Gasteiger partial charge >= 0.3 is 0 Å². The molecule has 3 rings (SSSR count). The van der Waals surface area contributed by atoms with Gasteiger partial charge in [0, 0.05) is 25.7 Å².